The number of terminal acetylenes is 1. The lowest BCUT2D eigenvalue weighted by Crippen LogP contribution is -1.81. The molecule has 0 saturated heterocycles. The molecule has 0 atom stereocenters. The second-order valence-corrected chi connectivity index (χ2v) is 6.57. The predicted octanol–water partition coefficient (Wildman–Crippen LogP) is 3.83. The Kier molecular flexibility index (Phi) is 29.9. The van der Waals surface area contributed by atoms with Crippen LogP contribution < -0.4 is 0 Å². The van der Waals surface area contributed by atoms with E-state index in [-0.39, 0.29) is 25.5 Å². The molecule has 0 spiro atoms. The van der Waals surface area contributed by atoms with Gasteiger partial charge in [-0.25, -0.2) is 0 Å². The fourth-order valence-electron chi connectivity index (χ4n) is 1.83. The molecule has 0 aliphatic heterocycles. The van der Waals surface area contributed by atoms with E-state index < -0.39 is 0 Å². The van der Waals surface area contributed by atoms with Gasteiger partial charge in [0.1, 0.15) is 0 Å². The van der Waals surface area contributed by atoms with Crippen molar-refractivity contribution < 1.29 is 29.4 Å². The Bertz CT molecular complexity index is 864. The smallest absolute Gasteiger partial charge is 0.373 e. The summed E-state index contributed by atoms with van der Waals surface area (Å²) in [4.78, 5) is 32.5. The summed E-state index contributed by atoms with van der Waals surface area (Å²) in [5.74, 6) is 8.14. The highest BCUT2D eigenvalue weighted by Gasteiger charge is 1.88. The summed E-state index contributed by atoms with van der Waals surface area (Å²) in [5, 5.41) is 16.4. The highest BCUT2D eigenvalue weighted by molar-refractivity contribution is 9.10. The normalized spacial score (nSPS) is 7.64. The molecule has 2 rings (SSSR count). The summed E-state index contributed by atoms with van der Waals surface area (Å²) in [6, 6.07) is 16.6. The third-order valence-corrected chi connectivity index (χ3v) is 3.94. The highest BCUT2D eigenvalue weighted by atomic mass is 79.9. The van der Waals surface area contributed by atoms with Gasteiger partial charge in [-0.3, -0.25) is 0 Å². The van der Waals surface area contributed by atoms with E-state index in [1.807, 2.05) is 12.1 Å². The molecule has 7 heteroatoms. The summed E-state index contributed by atoms with van der Waals surface area (Å²) < 4.78 is 1.15. The van der Waals surface area contributed by atoms with Crippen molar-refractivity contribution in [3.05, 3.63) is 69.7 Å². The molecule has 0 aromatic heterocycles. The van der Waals surface area contributed by atoms with Crippen LogP contribution in [0.3, 0.4) is 0 Å². The number of carbonyl (C=O) groups excluding carboxylic acids is 4. The van der Waals surface area contributed by atoms with Crippen LogP contribution in [0.25, 0.3) is 0 Å². The third kappa shape index (κ3) is 26.7. The van der Waals surface area contributed by atoms with Crippen molar-refractivity contribution >= 4 is 28.2 Å². The zero-order chi connectivity index (χ0) is 25.7. The molecule has 0 aliphatic carbocycles. The minimum atomic E-state index is 0.108. The molecule has 0 amide bonds. The number of hydrogen-bond acceptors (Lipinski definition) is 6. The number of benzene rings is 2. The molecule has 0 unspecified atom stereocenters. The van der Waals surface area contributed by atoms with E-state index in [0.29, 0.717) is 12.8 Å². The van der Waals surface area contributed by atoms with Crippen LogP contribution >= 0.6 is 15.9 Å². The number of aliphatic hydroxyl groups is 2. The monoisotopic (exact) mass is 516 g/mol. The first-order valence-electron chi connectivity index (χ1n) is 9.90. The number of rotatable bonds is 4. The molecule has 0 heterocycles. The molecule has 0 radical (unpaired) electrons. The lowest BCUT2D eigenvalue weighted by Gasteiger charge is -1.94. The van der Waals surface area contributed by atoms with Crippen molar-refractivity contribution in [3.63, 3.8) is 0 Å². The number of halogens is 1. The Hall–Kier alpha value is -3.28. The van der Waals surface area contributed by atoms with E-state index in [0.717, 1.165) is 22.9 Å². The van der Waals surface area contributed by atoms with Crippen LogP contribution in [0.5, 0.6) is 0 Å². The Morgan fingerprint density at radius 2 is 1.15 bits per heavy atom. The molecule has 2 aromatic carbocycles. The van der Waals surface area contributed by atoms with E-state index in [1.54, 1.807) is 0 Å². The molecule has 0 saturated carbocycles. The van der Waals surface area contributed by atoms with Gasteiger partial charge < -0.3 is 10.2 Å². The molecule has 2 aromatic rings. The topological polar surface area (TPSA) is 109 Å². The second-order valence-electron chi connectivity index (χ2n) is 5.65. The summed E-state index contributed by atoms with van der Waals surface area (Å²) >= 11 is 3.37. The van der Waals surface area contributed by atoms with Gasteiger partial charge in [0.25, 0.3) is 0 Å². The first-order valence-corrected chi connectivity index (χ1v) is 10.7. The van der Waals surface area contributed by atoms with Gasteiger partial charge in [0, 0.05) is 22.9 Å². The first-order chi connectivity index (χ1) is 15.9. The standard InChI is InChI=1S/C12H14O.C8H9Br.C4H6O.2CO2/c1-2-11-6-8-12(9-7-11)5-3-4-10-13;1-2-7-3-5-8(9)6-4-7;1-2-3-4-5;2*2-1-3/h6-9,13H,2,4,10H2,1H3;3-6H,2H2,1H3;1,5H,3-4H2;;. The van der Waals surface area contributed by atoms with Crippen LogP contribution in [0.4, 0.5) is 0 Å². The van der Waals surface area contributed by atoms with Crippen molar-refractivity contribution in [1.29, 1.82) is 0 Å². The fraction of sp³-hybridized carbons (Fsp3) is 0.308. The van der Waals surface area contributed by atoms with Gasteiger partial charge in [-0.05, 0) is 48.2 Å². The van der Waals surface area contributed by atoms with Gasteiger partial charge in [0.2, 0.25) is 0 Å². The highest BCUT2D eigenvalue weighted by Crippen LogP contribution is 2.10. The summed E-state index contributed by atoms with van der Waals surface area (Å²) in [6.07, 6.45) is 8.43. The van der Waals surface area contributed by atoms with Gasteiger partial charge in [0.15, 0.2) is 0 Å². The molecule has 0 fully saturated rings. The van der Waals surface area contributed by atoms with Gasteiger partial charge in [-0.1, -0.05) is 65.9 Å². The average molecular weight is 517 g/mol. The Labute approximate surface area is 204 Å². The summed E-state index contributed by atoms with van der Waals surface area (Å²) in [5.41, 5.74) is 3.73. The molecule has 0 bridgehead atoms. The molecule has 2 N–H and O–H groups in total. The second kappa shape index (κ2) is 28.7. The number of aryl methyl sites for hydroxylation is 2. The van der Waals surface area contributed by atoms with Crippen molar-refractivity contribution in [3.8, 4) is 24.2 Å². The van der Waals surface area contributed by atoms with Gasteiger partial charge >= 0.3 is 12.3 Å². The Balaban J connectivity index is -0.000000390. The van der Waals surface area contributed by atoms with Crippen LogP contribution in [0, 0.1) is 24.2 Å². The quantitative estimate of drug-likeness (QED) is 0.597. The van der Waals surface area contributed by atoms with Gasteiger partial charge in [-0.2, -0.15) is 19.2 Å². The largest absolute Gasteiger partial charge is 0.395 e. The zero-order valence-corrected chi connectivity index (χ0v) is 20.4. The van der Waals surface area contributed by atoms with Crippen LogP contribution in [-0.4, -0.2) is 35.7 Å². The van der Waals surface area contributed by atoms with Crippen molar-refractivity contribution in [2.45, 2.75) is 39.5 Å². The van der Waals surface area contributed by atoms with E-state index in [2.05, 4.69) is 83.9 Å². The maximum atomic E-state index is 8.52. The van der Waals surface area contributed by atoms with Crippen molar-refractivity contribution in [2.75, 3.05) is 13.2 Å². The SMILES string of the molecule is C#CCCO.CCc1ccc(Br)cc1.CCc1ccc(C#CCCO)cc1.O=C=O.O=C=O. The third-order valence-electron chi connectivity index (χ3n) is 3.41. The van der Waals surface area contributed by atoms with E-state index in [4.69, 9.17) is 35.8 Å². The van der Waals surface area contributed by atoms with Crippen molar-refractivity contribution in [2.24, 2.45) is 0 Å². The molecule has 6 nitrogen and oxygen atoms in total. The molecule has 33 heavy (non-hydrogen) atoms. The molecular weight excluding hydrogens is 488 g/mol. The fourth-order valence-corrected chi connectivity index (χ4v) is 2.09. The number of hydrogen-bond donors (Lipinski definition) is 2. The zero-order valence-electron chi connectivity index (χ0n) is 18.8. The van der Waals surface area contributed by atoms with E-state index in [1.165, 1.54) is 11.1 Å². The summed E-state index contributed by atoms with van der Waals surface area (Å²) in [6.45, 7) is 4.53. The van der Waals surface area contributed by atoms with Crippen molar-refractivity contribution in [1.82, 2.24) is 0 Å². The first kappa shape index (κ1) is 34.3. The Morgan fingerprint density at radius 1 is 0.758 bits per heavy atom. The average Bonchev–Trinajstić information content (AvgIpc) is 2.83. The predicted molar refractivity (Wildman–Crippen MR) is 128 cm³/mol. The van der Waals surface area contributed by atoms with E-state index >= 15 is 0 Å². The maximum absolute atomic E-state index is 8.52. The molecule has 0 aliphatic rings. The minimum absolute atomic E-state index is 0.108. The van der Waals surface area contributed by atoms with Gasteiger partial charge in [0.05, 0.1) is 13.2 Å². The lowest BCUT2D eigenvalue weighted by molar-refractivity contribution is -0.193. The van der Waals surface area contributed by atoms with Crippen LogP contribution in [0.2, 0.25) is 0 Å². The lowest BCUT2D eigenvalue weighted by atomic mass is 10.1. The van der Waals surface area contributed by atoms with Gasteiger partial charge in [-0.15, -0.1) is 12.3 Å². The number of aliphatic hydroxyl groups excluding tert-OH is 2. The summed E-state index contributed by atoms with van der Waals surface area (Å²) in [7, 11) is 0. The van der Waals surface area contributed by atoms with Crippen LogP contribution in [0.15, 0.2) is 53.0 Å². The molecule has 176 valence electrons. The van der Waals surface area contributed by atoms with Crippen LogP contribution in [-0.2, 0) is 32.0 Å². The van der Waals surface area contributed by atoms with Crippen LogP contribution in [0.1, 0.15) is 43.4 Å². The minimum Gasteiger partial charge on any atom is -0.395 e. The maximum Gasteiger partial charge on any atom is 0.373 e. The van der Waals surface area contributed by atoms with E-state index in [9.17, 15) is 0 Å². The Morgan fingerprint density at radius 3 is 1.45 bits per heavy atom. The molecular formula is C26H29BrO6.